The highest BCUT2D eigenvalue weighted by atomic mass is 16.3. The number of aliphatic hydroxyl groups is 1. The number of rotatable bonds is 4. The molecule has 110 valence electrons. The molecule has 0 heterocycles. The second-order valence-electron chi connectivity index (χ2n) is 5.77. The average Bonchev–Trinajstić information content (AvgIpc) is 2.47. The van der Waals surface area contributed by atoms with Crippen molar-refractivity contribution in [2.75, 3.05) is 18.9 Å². The van der Waals surface area contributed by atoms with Gasteiger partial charge in [0.25, 0.3) is 5.91 Å². The highest BCUT2D eigenvalue weighted by Crippen LogP contribution is 2.29. The second-order valence-corrected chi connectivity index (χ2v) is 5.77. The zero-order valence-corrected chi connectivity index (χ0v) is 12.1. The molecule has 1 aliphatic carbocycles. The summed E-state index contributed by atoms with van der Waals surface area (Å²) in [7, 11) is 0. The van der Waals surface area contributed by atoms with Crippen LogP contribution in [0.4, 0.5) is 5.69 Å². The molecule has 0 saturated heterocycles. The summed E-state index contributed by atoms with van der Waals surface area (Å²) in [5.41, 5.74) is 8.05. The molecule has 1 saturated carbocycles. The Bertz CT molecular complexity index is 474. The topological polar surface area (TPSA) is 75.3 Å². The van der Waals surface area contributed by atoms with Crippen LogP contribution in [0.5, 0.6) is 0 Å². The van der Waals surface area contributed by atoms with Crippen LogP contribution in [-0.2, 0) is 0 Å². The highest BCUT2D eigenvalue weighted by Gasteiger charge is 2.24. The van der Waals surface area contributed by atoms with Gasteiger partial charge in [0.15, 0.2) is 0 Å². The van der Waals surface area contributed by atoms with Crippen LogP contribution in [0, 0.1) is 18.8 Å². The van der Waals surface area contributed by atoms with E-state index in [2.05, 4.69) is 5.32 Å². The summed E-state index contributed by atoms with van der Waals surface area (Å²) in [5.74, 6) is 0.631. The molecule has 0 aliphatic heterocycles. The minimum absolute atomic E-state index is 0.0843. The van der Waals surface area contributed by atoms with Crippen molar-refractivity contribution >= 4 is 11.6 Å². The summed E-state index contributed by atoms with van der Waals surface area (Å²) in [6.45, 7) is 2.78. The lowest BCUT2D eigenvalue weighted by molar-refractivity contribution is 0.0909. The van der Waals surface area contributed by atoms with E-state index in [1.54, 1.807) is 12.1 Å². The van der Waals surface area contributed by atoms with E-state index in [0.717, 1.165) is 18.4 Å². The van der Waals surface area contributed by atoms with Gasteiger partial charge < -0.3 is 16.2 Å². The Hall–Kier alpha value is -1.55. The van der Waals surface area contributed by atoms with Crippen molar-refractivity contribution in [2.45, 2.75) is 32.6 Å². The van der Waals surface area contributed by atoms with Crippen molar-refractivity contribution in [3.8, 4) is 0 Å². The number of anilines is 1. The fraction of sp³-hybridized carbons (Fsp3) is 0.562. The molecule has 1 aliphatic rings. The predicted octanol–water partition coefficient (Wildman–Crippen LogP) is 2.11. The Labute approximate surface area is 120 Å². The molecule has 1 aromatic carbocycles. The number of nitrogens with two attached hydrogens (primary N) is 1. The van der Waals surface area contributed by atoms with E-state index in [1.807, 2.05) is 13.0 Å². The maximum absolute atomic E-state index is 12.1. The fourth-order valence-corrected chi connectivity index (χ4v) is 2.90. The molecule has 4 heteroatoms. The molecule has 20 heavy (non-hydrogen) atoms. The average molecular weight is 276 g/mol. The Morgan fingerprint density at radius 1 is 1.35 bits per heavy atom. The minimum atomic E-state index is -0.0843. The first-order valence-electron chi connectivity index (χ1n) is 7.37. The third-order valence-corrected chi connectivity index (χ3v) is 4.37. The van der Waals surface area contributed by atoms with Gasteiger partial charge >= 0.3 is 0 Å². The number of carbonyl (C=O) groups excluding carboxylic acids is 1. The minimum Gasteiger partial charge on any atom is -0.398 e. The summed E-state index contributed by atoms with van der Waals surface area (Å²) in [5, 5.41) is 12.4. The van der Waals surface area contributed by atoms with Crippen molar-refractivity contribution in [3.05, 3.63) is 29.3 Å². The zero-order valence-electron chi connectivity index (χ0n) is 12.1. The van der Waals surface area contributed by atoms with Crippen molar-refractivity contribution in [2.24, 2.45) is 11.8 Å². The molecular weight excluding hydrogens is 252 g/mol. The standard InChI is InChI=1S/C16H24N2O2/c1-11-6-7-12(8-15(11)17)16(20)18-9-13-4-2-3-5-14(13)10-19/h6-8,13-14,19H,2-5,9-10,17H2,1H3,(H,18,20). The van der Waals surface area contributed by atoms with Crippen LogP contribution in [-0.4, -0.2) is 24.2 Å². The molecule has 2 rings (SSSR count). The van der Waals surface area contributed by atoms with Crippen LogP contribution in [0.3, 0.4) is 0 Å². The zero-order chi connectivity index (χ0) is 14.5. The number of nitrogen functional groups attached to an aromatic ring is 1. The largest absolute Gasteiger partial charge is 0.398 e. The summed E-state index contributed by atoms with van der Waals surface area (Å²) in [4.78, 5) is 12.1. The maximum atomic E-state index is 12.1. The number of benzene rings is 1. The molecule has 4 nitrogen and oxygen atoms in total. The van der Waals surface area contributed by atoms with Crippen LogP contribution in [0.15, 0.2) is 18.2 Å². The molecule has 0 spiro atoms. The lowest BCUT2D eigenvalue weighted by Gasteiger charge is -2.30. The van der Waals surface area contributed by atoms with Crippen molar-refractivity contribution in [3.63, 3.8) is 0 Å². The number of amides is 1. The molecule has 1 amide bonds. The van der Waals surface area contributed by atoms with Crippen LogP contribution >= 0.6 is 0 Å². The van der Waals surface area contributed by atoms with Crippen LogP contribution in [0.1, 0.15) is 41.6 Å². The van der Waals surface area contributed by atoms with E-state index in [9.17, 15) is 9.90 Å². The van der Waals surface area contributed by atoms with Crippen molar-refractivity contribution in [1.29, 1.82) is 0 Å². The third kappa shape index (κ3) is 3.51. The third-order valence-electron chi connectivity index (χ3n) is 4.37. The highest BCUT2D eigenvalue weighted by molar-refractivity contribution is 5.95. The van der Waals surface area contributed by atoms with E-state index in [-0.39, 0.29) is 12.5 Å². The Balaban J connectivity index is 1.92. The van der Waals surface area contributed by atoms with E-state index >= 15 is 0 Å². The first-order valence-corrected chi connectivity index (χ1v) is 7.37. The van der Waals surface area contributed by atoms with Gasteiger partial charge in [-0.25, -0.2) is 0 Å². The first-order chi connectivity index (χ1) is 9.61. The Morgan fingerprint density at radius 2 is 2.05 bits per heavy atom. The normalized spacial score (nSPS) is 22.5. The number of nitrogens with one attached hydrogen (secondary N) is 1. The number of carbonyl (C=O) groups is 1. The maximum Gasteiger partial charge on any atom is 0.251 e. The van der Waals surface area contributed by atoms with Gasteiger partial charge in [-0.15, -0.1) is 0 Å². The first kappa shape index (κ1) is 14.9. The summed E-state index contributed by atoms with van der Waals surface area (Å²) < 4.78 is 0. The second kappa shape index (κ2) is 6.75. The van der Waals surface area contributed by atoms with E-state index in [4.69, 9.17) is 5.73 Å². The molecule has 4 N–H and O–H groups in total. The lowest BCUT2D eigenvalue weighted by atomic mass is 9.79. The molecule has 1 aromatic rings. The Kier molecular flexibility index (Phi) is 5.01. The molecule has 0 aromatic heterocycles. The van der Waals surface area contributed by atoms with Gasteiger partial charge in [0.05, 0.1) is 0 Å². The van der Waals surface area contributed by atoms with Gasteiger partial charge in [0.2, 0.25) is 0 Å². The summed E-state index contributed by atoms with van der Waals surface area (Å²) in [6.07, 6.45) is 4.52. The van der Waals surface area contributed by atoms with Crippen LogP contribution in [0.2, 0.25) is 0 Å². The molecule has 1 fully saturated rings. The molecule has 0 bridgehead atoms. The molecule has 0 radical (unpaired) electrons. The predicted molar refractivity (Wildman–Crippen MR) is 80.5 cm³/mol. The monoisotopic (exact) mass is 276 g/mol. The number of aliphatic hydroxyl groups excluding tert-OH is 1. The van der Waals surface area contributed by atoms with Gasteiger partial charge in [0.1, 0.15) is 0 Å². The Morgan fingerprint density at radius 3 is 2.70 bits per heavy atom. The van der Waals surface area contributed by atoms with Gasteiger partial charge in [-0.1, -0.05) is 18.9 Å². The fourth-order valence-electron chi connectivity index (χ4n) is 2.90. The lowest BCUT2D eigenvalue weighted by Crippen LogP contribution is -2.35. The number of aryl methyl sites for hydroxylation is 1. The number of hydrogen-bond donors (Lipinski definition) is 3. The van der Waals surface area contributed by atoms with Crippen LogP contribution < -0.4 is 11.1 Å². The van der Waals surface area contributed by atoms with Crippen molar-refractivity contribution < 1.29 is 9.90 Å². The molecular formula is C16H24N2O2. The smallest absolute Gasteiger partial charge is 0.251 e. The molecule has 2 atom stereocenters. The summed E-state index contributed by atoms with van der Waals surface area (Å²) >= 11 is 0. The van der Waals surface area contributed by atoms with Gasteiger partial charge in [-0.05, 0) is 49.3 Å². The SMILES string of the molecule is Cc1ccc(C(=O)NCC2CCCCC2CO)cc1N. The van der Waals surface area contributed by atoms with E-state index in [1.165, 1.54) is 12.8 Å². The van der Waals surface area contributed by atoms with Gasteiger partial charge in [-0.2, -0.15) is 0 Å². The van der Waals surface area contributed by atoms with Gasteiger partial charge in [0, 0.05) is 24.4 Å². The number of hydrogen-bond acceptors (Lipinski definition) is 3. The summed E-state index contributed by atoms with van der Waals surface area (Å²) in [6, 6.07) is 5.38. The quantitative estimate of drug-likeness (QED) is 0.737. The van der Waals surface area contributed by atoms with E-state index < -0.39 is 0 Å². The van der Waals surface area contributed by atoms with E-state index in [0.29, 0.717) is 29.6 Å². The van der Waals surface area contributed by atoms with Gasteiger partial charge in [-0.3, -0.25) is 4.79 Å². The molecule has 2 unspecified atom stereocenters. The van der Waals surface area contributed by atoms with Crippen molar-refractivity contribution in [1.82, 2.24) is 5.32 Å². The van der Waals surface area contributed by atoms with Crippen LogP contribution in [0.25, 0.3) is 0 Å².